The molecule has 8 nitrogen and oxygen atoms in total. The van der Waals surface area contributed by atoms with Gasteiger partial charge in [0.05, 0.1) is 19.1 Å². The summed E-state index contributed by atoms with van der Waals surface area (Å²) >= 11 is 1.21. The van der Waals surface area contributed by atoms with Crippen molar-refractivity contribution in [1.29, 1.82) is 0 Å². The van der Waals surface area contributed by atoms with E-state index in [4.69, 9.17) is 14.0 Å². The number of amides is 1. The number of hydrogen-bond donors (Lipinski definition) is 1. The smallest absolute Gasteiger partial charge is 0.358 e. The van der Waals surface area contributed by atoms with E-state index in [1.54, 1.807) is 6.07 Å². The molecule has 1 amide bonds. The molecule has 0 atom stereocenters. The Morgan fingerprint density at radius 3 is 2.67 bits per heavy atom. The van der Waals surface area contributed by atoms with Crippen LogP contribution >= 0.6 is 11.3 Å². The first kappa shape index (κ1) is 18.6. The van der Waals surface area contributed by atoms with Crippen LogP contribution in [0.3, 0.4) is 0 Å². The van der Waals surface area contributed by atoms with Crippen LogP contribution in [-0.4, -0.2) is 36.2 Å². The standard InChI is InChI=1S/C18H17N3O5S/c1-24-14-10-12(26-21-14)8-9-13(22)19-18-20-15(17(23)25-2)16(27-18)11-6-4-3-5-7-11/h3-7,10H,8-9H2,1-2H3,(H,19,20,22). The SMILES string of the molecule is COC(=O)c1nc(NC(=O)CCc2cc(OC)no2)sc1-c1ccccc1. The Labute approximate surface area is 159 Å². The normalized spacial score (nSPS) is 10.4. The van der Waals surface area contributed by atoms with Crippen LogP contribution in [0.1, 0.15) is 22.7 Å². The van der Waals surface area contributed by atoms with Crippen LogP contribution in [0.4, 0.5) is 5.13 Å². The molecule has 0 bridgehead atoms. The second-order valence-electron chi connectivity index (χ2n) is 5.44. The highest BCUT2D eigenvalue weighted by atomic mass is 32.1. The zero-order valence-corrected chi connectivity index (χ0v) is 15.5. The largest absolute Gasteiger partial charge is 0.479 e. The molecule has 0 spiro atoms. The third kappa shape index (κ3) is 4.50. The number of carbonyl (C=O) groups excluding carboxylic acids is 2. The predicted molar refractivity (Wildman–Crippen MR) is 98.9 cm³/mol. The molecule has 1 aromatic carbocycles. The molecule has 9 heteroatoms. The van der Waals surface area contributed by atoms with E-state index in [1.807, 2.05) is 30.3 Å². The maximum absolute atomic E-state index is 12.2. The number of nitrogens with zero attached hydrogens (tertiary/aromatic N) is 2. The van der Waals surface area contributed by atoms with Crippen molar-refractivity contribution in [2.24, 2.45) is 0 Å². The summed E-state index contributed by atoms with van der Waals surface area (Å²) in [5.74, 6) is 0.0939. The average molecular weight is 387 g/mol. The minimum atomic E-state index is -0.556. The number of anilines is 1. The van der Waals surface area contributed by atoms with Gasteiger partial charge in [0.15, 0.2) is 10.8 Å². The molecule has 1 N–H and O–H groups in total. The second kappa shape index (κ2) is 8.45. The number of methoxy groups -OCH3 is 2. The summed E-state index contributed by atoms with van der Waals surface area (Å²) in [4.78, 5) is 29.1. The Balaban J connectivity index is 1.71. The summed E-state index contributed by atoms with van der Waals surface area (Å²) in [6.45, 7) is 0. The highest BCUT2D eigenvalue weighted by molar-refractivity contribution is 7.19. The molecule has 27 heavy (non-hydrogen) atoms. The van der Waals surface area contributed by atoms with Crippen molar-refractivity contribution in [2.45, 2.75) is 12.8 Å². The number of rotatable bonds is 7. The van der Waals surface area contributed by atoms with Crippen LogP contribution in [0, 0.1) is 0 Å². The number of thiazole rings is 1. The van der Waals surface area contributed by atoms with Crippen molar-refractivity contribution >= 4 is 28.3 Å². The molecule has 0 unspecified atom stereocenters. The van der Waals surface area contributed by atoms with Crippen LogP contribution in [0.2, 0.25) is 0 Å². The summed E-state index contributed by atoms with van der Waals surface area (Å²) in [6, 6.07) is 11.0. The number of aryl methyl sites for hydroxylation is 1. The summed E-state index contributed by atoms with van der Waals surface area (Å²) in [6.07, 6.45) is 0.537. The number of carbonyl (C=O) groups is 2. The van der Waals surface area contributed by atoms with Crippen molar-refractivity contribution in [2.75, 3.05) is 19.5 Å². The molecule has 0 fully saturated rings. The zero-order valence-electron chi connectivity index (χ0n) is 14.7. The number of benzene rings is 1. The summed E-state index contributed by atoms with van der Waals surface area (Å²) in [5, 5.41) is 6.72. The molecule has 3 rings (SSSR count). The van der Waals surface area contributed by atoms with E-state index in [0.717, 1.165) is 5.56 Å². The Bertz CT molecular complexity index is 936. The van der Waals surface area contributed by atoms with Gasteiger partial charge in [0, 0.05) is 18.9 Å². The van der Waals surface area contributed by atoms with E-state index in [-0.39, 0.29) is 18.0 Å². The van der Waals surface area contributed by atoms with Gasteiger partial charge in [0.1, 0.15) is 5.76 Å². The Kier molecular flexibility index (Phi) is 5.82. The van der Waals surface area contributed by atoms with Gasteiger partial charge in [0.2, 0.25) is 5.91 Å². The molecule has 0 aliphatic rings. The third-order valence-corrected chi connectivity index (χ3v) is 4.65. The third-order valence-electron chi connectivity index (χ3n) is 3.63. The highest BCUT2D eigenvalue weighted by Gasteiger charge is 2.21. The van der Waals surface area contributed by atoms with Crippen LogP contribution in [0.5, 0.6) is 5.88 Å². The highest BCUT2D eigenvalue weighted by Crippen LogP contribution is 2.33. The number of ether oxygens (including phenoxy) is 2. The Hall–Kier alpha value is -3.20. The maximum Gasteiger partial charge on any atom is 0.358 e. The lowest BCUT2D eigenvalue weighted by atomic mass is 10.1. The van der Waals surface area contributed by atoms with Gasteiger partial charge in [-0.2, -0.15) is 0 Å². The van der Waals surface area contributed by atoms with Gasteiger partial charge >= 0.3 is 5.97 Å². The molecule has 0 saturated heterocycles. The van der Waals surface area contributed by atoms with Gasteiger partial charge in [0.25, 0.3) is 5.88 Å². The molecule has 2 aromatic heterocycles. The Morgan fingerprint density at radius 1 is 1.22 bits per heavy atom. The minimum Gasteiger partial charge on any atom is -0.479 e. The first-order valence-corrected chi connectivity index (χ1v) is 8.86. The number of aromatic nitrogens is 2. The number of nitrogens with one attached hydrogen (secondary N) is 1. The van der Waals surface area contributed by atoms with Crippen molar-refractivity contribution in [3.05, 3.63) is 47.9 Å². The first-order chi connectivity index (χ1) is 13.1. The lowest BCUT2D eigenvalue weighted by molar-refractivity contribution is -0.116. The second-order valence-corrected chi connectivity index (χ2v) is 6.44. The molecule has 3 aromatic rings. The fourth-order valence-electron chi connectivity index (χ4n) is 2.32. The van der Waals surface area contributed by atoms with E-state index >= 15 is 0 Å². The van der Waals surface area contributed by atoms with E-state index in [0.29, 0.717) is 28.1 Å². The van der Waals surface area contributed by atoms with Crippen LogP contribution < -0.4 is 10.1 Å². The number of esters is 1. The average Bonchev–Trinajstić information content (AvgIpc) is 3.33. The fourth-order valence-corrected chi connectivity index (χ4v) is 3.30. The predicted octanol–water partition coefficient (Wildman–Crippen LogP) is 3.16. The summed E-state index contributed by atoms with van der Waals surface area (Å²) in [5.41, 5.74) is 0.994. The monoisotopic (exact) mass is 387 g/mol. The van der Waals surface area contributed by atoms with Crippen LogP contribution in [0.15, 0.2) is 40.9 Å². The topological polar surface area (TPSA) is 104 Å². The van der Waals surface area contributed by atoms with Crippen molar-refractivity contribution < 1.29 is 23.6 Å². The first-order valence-electron chi connectivity index (χ1n) is 8.04. The van der Waals surface area contributed by atoms with Crippen molar-refractivity contribution in [3.63, 3.8) is 0 Å². The molecule has 0 saturated carbocycles. The summed E-state index contributed by atoms with van der Waals surface area (Å²) in [7, 11) is 2.78. The molecule has 2 heterocycles. The number of hydrogen-bond acceptors (Lipinski definition) is 8. The molecular weight excluding hydrogens is 370 g/mol. The minimum absolute atomic E-state index is 0.170. The van der Waals surface area contributed by atoms with Gasteiger partial charge in [-0.1, -0.05) is 41.7 Å². The van der Waals surface area contributed by atoms with Gasteiger partial charge in [-0.3, -0.25) is 4.79 Å². The van der Waals surface area contributed by atoms with Crippen LogP contribution in [-0.2, 0) is 16.0 Å². The van der Waals surface area contributed by atoms with E-state index < -0.39 is 5.97 Å². The Morgan fingerprint density at radius 2 is 2.00 bits per heavy atom. The summed E-state index contributed by atoms with van der Waals surface area (Å²) < 4.78 is 14.8. The van der Waals surface area contributed by atoms with E-state index in [2.05, 4.69) is 15.5 Å². The van der Waals surface area contributed by atoms with Gasteiger partial charge in [-0.05, 0) is 10.7 Å². The van der Waals surface area contributed by atoms with E-state index in [1.165, 1.54) is 25.6 Å². The van der Waals surface area contributed by atoms with Crippen molar-refractivity contribution in [3.8, 4) is 16.3 Å². The van der Waals surface area contributed by atoms with Gasteiger partial charge in [-0.15, -0.1) is 0 Å². The van der Waals surface area contributed by atoms with Crippen molar-refractivity contribution in [1.82, 2.24) is 10.1 Å². The lowest BCUT2D eigenvalue weighted by Gasteiger charge is -1.99. The van der Waals surface area contributed by atoms with Gasteiger partial charge in [-0.25, -0.2) is 9.78 Å². The van der Waals surface area contributed by atoms with Crippen LogP contribution in [0.25, 0.3) is 10.4 Å². The zero-order chi connectivity index (χ0) is 19.2. The molecular formula is C18H17N3O5S. The quantitative estimate of drug-likeness (QED) is 0.621. The maximum atomic E-state index is 12.2. The molecule has 140 valence electrons. The van der Waals surface area contributed by atoms with E-state index in [9.17, 15) is 9.59 Å². The van der Waals surface area contributed by atoms with Gasteiger partial charge < -0.3 is 19.3 Å². The lowest BCUT2D eigenvalue weighted by Crippen LogP contribution is -2.12. The fraction of sp³-hybridized carbons (Fsp3) is 0.222. The molecule has 0 radical (unpaired) electrons. The molecule has 0 aliphatic heterocycles. The molecule has 0 aliphatic carbocycles.